The molecule has 0 bridgehead atoms. The summed E-state index contributed by atoms with van der Waals surface area (Å²) in [6.45, 7) is 3.55. The summed E-state index contributed by atoms with van der Waals surface area (Å²) in [6, 6.07) is 0.231. The van der Waals surface area contributed by atoms with Crippen LogP contribution in [0.3, 0.4) is 0 Å². The molecule has 0 radical (unpaired) electrons. The first-order valence-corrected chi connectivity index (χ1v) is 8.40. The number of thiazole rings is 1. The summed E-state index contributed by atoms with van der Waals surface area (Å²) in [5.74, 6) is 0. The number of nitrogens with two attached hydrogens (primary N) is 1. The molecule has 0 spiro atoms. The van der Waals surface area contributed by atoms with E-state index in [4.69, 9.17) is 5.73 Å². The predicted octanol–water partition coefficient (Wildman–Crippen LogP) is 1.31. The van der Waals surface area contributed by atoms with Crippen LogP contribution >= 0.6 is 11.3 Å². The van der Waals surface area contributed by atoms with Gasteiger partial charge in [0.25, 0.3) is 10.0 Å². The minimum atomic E-state index is -3.42. The highest BCUT2D eigenvalue weighted by molar-refractivity contribution is 7.91. The molecule has 18 heavy (non-hydrogen) atoms. The van der Waals surface area contributed by atoms with Gasteiger partial charge >= 0.3 is 0 Å². The van der Waals surface area contributed by atoms with Crippen LogP contribution in [0.1, 0.15) is 36.4 Å². The highest BCUT2D eigenvalue weighted by Gasteiger charge is 2.27. The monoisotopic (exact) mass is 289 g/mol. The lowest BCUT2D eigenvalue weighted by Gasteiger charge is -2.26. The molecule has 102 valence electrons. The van der Waals surface area contributed by atoms with Crippen LogP contribution in [0, 0.1) is 13.8 Å². The lowest BCUT2D eigenvalue weighted by atomic mass is 9.93. The average molecular weight is 289 g/mol. The molecule has 0 amide bonds. The summed E-state index contributed by atoms with van der Waals surface area (Å²) in [5, 5.41) is 0.776. The fourth-order valence-corrected chi connectivity index (χ4v) is 5.08. The van der Waals surface area contributed by atoms with Crippen LogP contribution in [0.2, 0.25) is 0 Å². The average Bonchev–Trinajstić information content (AvgIpc) is 2.62. The molecular formula is C11H19N3O2S2. The van der Waals surface area contributed by atoms with E-state index in [-0.39, 0.29) is 12.1 Å². The third-order valence-corrected chi connectivity index (χ3v) is 6.40. The second kappa shape index (κ2) is 5.24. The topological polar surface area (TPSA) is 85.1 Å². The number of sulfonamides is 1. The fraction of sp³-hybridized carbons (Fsp3) is 0.727. The summed E-state index contributed by atoms with van der Waals surface area (Å²) in [7, 11) is -3.42. The molecule has 0 aromatic carbocycles. The summed E-state index contributed by atoms with van der Waals surface area (Å²) in [5.41, 5.74) is 6.40. The zero-order valence-corrected chi connectivity index (χ0v) is 12.3. The molecule has 1 saturated carbocycles. The molecule has 1 aromatic rings. The lowest BCUT2D eigenvalue weighted by Crippen LogP contribution is -2.40. The van der Waals surface area contributed by atoms with E-state index in [0.29, 0.717) is 9.90 Å². The van der Waals surface area contributed by atoms with Crippen LogP contribution in [0.5, 0.6) is 0 Å². The van der Waals surface area contributed by atoms with Crippen molar-refractivity contribution in [3.63, 3.8) is 0 Å². The molecular weight excluding hydrogens is 270 g/mol. The quantitative estimate of drug-likeness (QED) is 0.878. The molecule has 1 aliphatic carbocycles. The second-order valence-electron chi connectivity index (χ2n) is 4.84. The molecule has 0 saturated heterocycles. The van der Waals surface area contributed by atoms with Crippen LogP contribution in [0.25, 0.3) is 0 Å². The Morgan fingerprint density at radius 1 is 1.28 bits per heavy atom. The van der Waals surface area contributed by atoms with Gasteiger partial charge in [0.05, 0.1) is 10.7 Å². The molecule has 2 rings (SSSR count). The Morgan fingerprint density at radius 3 is 2.39 bits per heavy atom. The molecule has 0 aliphatic heterocycles. The molecule has 1 aromatic heterocycles. The summed E-state index contributed by atoms with van der Waals surface area (Å²) >= 11 is 1.22. The summed E-state index contributed by atoms with van der Waals surface area (Å²) in [6.07, 6.45) is 3.40. The van der Waals surface area contributed by atoms with Crippen LogP contribution in [0.15, 0.2) is 4.21 Å². The van der Waals surface area contributed by atoms with Gasteiger partial charge in [0.1, 0.15) is 0 Å². The van der Waals surface area contributed by atoms with E-state index < -0.39 is 10.0 Å². The van der Waals surface area contributed by atoms with E-state index in [1.54, 1.807) is 6.92 Å². The SMILES string of the molecule is Cc1nc(C)c(S(=O)(=O)NC2CCC(N)CC2)s1. The van der Waals surface area contributed by atoms with Crippen molar-refractivity contribution in [2.24, 2.45) is 5.73 Å². The summed E-state index contributed by atoms with van der Waals surface area (Å²) in [4.78, 5) is 4.16. The Hall–Kier alpha value is -0.500. The Kier molecular flexibility index (Phi) is 4.05. The minimum absolute atomic E-state index is 0.0107. The maximum absolute atomic E-state index is 12.2. The zero-order chi connectivity index (χ0) is 13.3. The molecule has 1 aliphatic rings. The Balaban J connectivity index is 2.10. The number of hydrogen-bond acceptors (Lipinski definition) is 5. The number of nitrogens with one attached hydrogen (secondary N) is 1. The number of hydrogen-bond donors (Lipinski definition) is 2. The van der Waals surface area contributed by atoms with Gasteiger partial charge < -0.3 is 5.73 Å². The van der Waals surface area contributed by atoms with E-state index >= 15 is 0 Å². The van der Waals surface area contributed by atoms with E-state index in [0.717, 1.165) is 30.7 Å². The van der Waals surface area contributed by atoms with Gasteiger partial charge in [0.2, 0.25) is 0 Å². The van der Waals surface area contributed by atoms with Crippen LogP contribution in [-0.2, 0) is 10.0 Å². The molecule has 1 fully saturated rings. The van der Waals surface area contributed by atoms with Gasteiger partial charge in [-0.1, -0.05) is 0 Å². The Bertz CT molecular complexity index is 516. The predicted molar refractivity (Wildman–Crippen MR) is 72.1 cm³/mol. The van der Waals surface area contributed by atoms with Gasteiger partial charge in [0.15, 0.2) is 4.21 Å². The molecule has 7 heteroatoms. The first-order chi connectivity index (χ1) is 8.38. The summed E-state index contributed by atoms with van der Waals surface area (Å²) < 4.78 is 27.6. The van der Waals surface area contributed by atoms with Gasteiger partial charge in [-0.15, -0.1) is 11.3 Å². The maximum Gasteiger partial charge on any atom is 0.252 e. The van der Waals surface area contributed by atoms with E-state index in [2.05, 4.69) is 9.71 Å². The van der Waals surface area contributed by atoms with Crippen LogP contribution in [0.4, 0.5) is 0 Å². The smallest absolute Gasteiger partial charge is 0.252 e. The standard InChI is InChI=1S/C11H19N3O2S2/c1-7-11(17-8(2)13-7)18(15,16)14-10-5-3-9(12)4-6-10/h9-10,14H,3-6,12H2,1-2H3. The van der Waals surface area contributed by atoms with Crippen molar-refractivity contribution in [3.05, 3.63) is 10.7 Å². The highest BCUT2D eigenvalue weighted by atomic mass is 32.2. The molecule has 0 atom stereocenters. The zero-order valence-electron chi connectivity index (χ0n) is 10.6. The third-order valence-electron chi connectivity index (χ3n) is 3.20. The van der Waals surface area contributed by atoms with Crippen molar-refractivity contribution in [1.29, 1.82) is 0 Å². The molecule has 3 N–H and O–H groups in total. The first kappa shape index (κ1) is 13.9. The largest absolute Gasteiger partial charge is 0.328 e. The second-order valence-corrected chi connectivity index (χ2v) is 7.95. The van der Waals surface area contributed by atoms with E-state index in [1.165, 1.54) is 11.3 Å². The molecule has 5 nitrogen and oxygen atoms in total. The van der Waals surface area contributed by atoms with E-state index in [1.807, 2.05) is 6.92 Å². The van der Waals surface area contributed by atoms with Crippen molar-refractivity contribution in [2.45, 2.75) is 55.8 Å². The Labute approximate surface area is 112 Å². The maximum atomic E-state index is 12.2. The number of aromatic nitrogens is 1. The van der Waals surface area contributed by atoms with Gasteiger partial charge in [-0.25, -0.2) is 18.1 Å². The van der Waals surface area contributed by atoms with Crippen molar-refractivity contribution in [2.75, 3.05) is 0 Å². The van der Waals surface area contributed by atoms with Crippen molar-refractivity contribution >= 4 is 21.4 Å². The fourth-order valence-electron chi connectivity index (χ4n) is 2.27. The number of rotatable bonds is 3. The van der Waals surface area contributed by atoms with Gasteiger partial charge in [0, 0.05) is 12.1 Å². The molecule has 1 heterocycles. The van der Waals surface area contributed by atoms with Crippen molar-refractivity contribution in [3.8, 4) is 0 Å². The van der Waals surface area contributed by atoms with Crippen LogP contribution in [-0.4, -0.2) is 25.5 Å². The number of nitrogens with zero attached hydrogens (tertiary/aromatic N) is 1. The van der Waals surface area contributed by atoms with Crippen molar-refractivity contribution < 1.29 is 8.42 Å². The third kappa shape index (κ3) is 3.09. The van der Waals surface area contributed by atoms with Gasteiger partial charge in [-0.3, -0.25) is 0 Å². The lowest BCUT2D eigenvalue weighted by molar-refractivity contribution is 0.373. The first-order valence-electron chi connectivity index (χ1n) is 6.10. The van der Waals surface area contributed by atoms with Crippen LogP contribution < -0.4 is 10.5 Å². The minimum Gasteiger partial charge on any atom is -0.328 e. The van der Waals surface area contributed by atoms with Crippen molar-refractivity contribution in [1.82, 2.24) is 9.71 Å². The van der Waals surface area contributed by atoms with E-state index in [9.17, 15) is 8.42 Å². The number of aryl methyl sites for hydroxylation is 2. The van der Waals surface area contributed by atoms with Gasteiger partial charge in [-0.05, 0) is 39.5 Å². The Morgan fingerprint density at radius 2 is 1.89 bits per heavy atom. The molecule has 0 unspecified atom stereocenters. The van der Waals surface area contributed by atoms with Gasteiger partial charge in [-0.2, -0.15) is 0 Å². The normalized spacial score (nSPS) is 25.3. The highest BCUT2D eigenvalue weighted by Crippen LogP contribution is 2.25.